The maximum absolute atomic E-state index is 11.1. The Morgan fingerprint density at radius 1 is 1.40 bits per heavy atom. The van der Waals surface area contributed by atoms with E-state index in [-0.39, 0.29) is 0 Å². The molecule has 0 aliphatic rings. The van der Waals surface area contributed by atoms with Gasteiger partial charge in [-0.05, 0) is 30.0 Å². The summed E-state index contributed by atoms with van der Waals surface area (Å²) in [4.78, 5) is 11.1. The highest BCUT2D eigenvalue weighted by atomic mass is 16.5. The van der Waals surface area contributed by atoms with Crippen molar-refractivity contribution >= 4 is 6.29 Å². The molecule has 0 spiro atoms. The molecule has 0 saturated heterocycles. The van der Waals surface area contributed by atoms with Crippen molar-refractivity contribution in [2.75, 3.05) is 7.11 Å². The second kappa shape index (κ2) is 5.66. The first-order valence-electron chi connectivity index (χ1n) is 5.30. The van der Waals surface area contributed by atoms with Crippen molar-refractivity contribution in [3.05, 3.63) is 34.4 Å². The third kappa shape index (κ3) is 2.66. The Kier molecular flexibility index (Phi) is 4.50. The van der Waals surface area contributed by atoms with E-state index in [9.17, 15) is 4.79 Å². The lowest BCUT2D eigenvalue weighted by Gasteiger charge is -2.12. The van der Waals surface area contributed by atoms with Crippen LogP contribution in [0.5, 0.6) is 0 Å². The summed E-state index contributed by atoms with van der Waals surface area (Å²) >= 11 is 0. The van der Waals surface area contributed by atoms with Crippen LogP contribution in [-0.4, -0.2) is 13.4 Å². The van der Waals surface area contributed by atoms with Gasteiger partial charge in [-0.2, -0.15) is 0 Å². The van der Waals surface area contributed by atoms with E-state index in [4.69, 9.17) is 4.74 Å². The van der Waals surface area contributed by atoms with Gasteiger partial charge in [0.2, 0.25) is 0 Å². The molecule has 0 unspecified atom stereocenters. The smallest absolute Gasteiger partial charge is 0.150 e. The summed E-state index contributed by atoms with van der Waals surface area (Å²) in [5, 5.41) is 0. The van der Waals surface area contributed by atoms with E-state index in [1.165, 1.54) is 0 Å². The molecule has 15 heavy (non-hydrogen) atoms. The Morgan fingerprint density at radius 3 is 2.67 bits per heavy atom. The van der Waals surface area contributed by atoms with E-state index in [1.807, 2.05) is 13.0 Å². The highest BCUT2D eigenvalue weighted by molar-refractivity contribution is 5.80. The van der Waals surface area contributed by atoms with Crippen molar-refractivity contribution in [3.8, 4) is 0 Å². The van der Waals surface area contributed by atoms with Gasteiger partial charge < -0.3 is 4.74 Å². The lowest BCUT2D eigenvalue weighted by molar-refractivity contribution is 0.111. The largest absolute Gasteiger partial charge is 0.380 e. The SMILES string of the molecule is CCCc1ccc(C)c(COC)c1C=O. The molecule has 2 nitrogen and oxygen atoms in total. The van der Waals surface area contributed by atoms with Crippen molar-refractivity contribution in [2.24, 2.45) is 0 Å². The molecule has 0 N–H and O–H groups in total. The lowest BCUT2D eigenvalue weighted by Crippen LogP contribution is -2.03. The molecule has 1 aromatic carbocycles. The van der Waals surface area contributed by atoms with Gasteiger partial charge in [0.1, 0.15) is 0 Å². The Balaban J connectivity index is 3.20. The van der Waals surface area contributed by atoms with Crippen LogP contribution in [0.15, 0.2) is 12.1 Å². The maximum atomic E-state index is 11.1. The lowest BCUT2D eigenvalue weighted by atomic mass is 9.95. The average Bonchev–Trinajstić information content (AvgIpc) is 2.24. The van der Waals surface area contributed by atoms with Crippen molar-refractivity contribution in [1.29, 1.82) is 0 Å². The van der Waals surface area contributed by atoms with Gasteiger partial charge in [0, 0.05) is 12.7 Å². The number of benzene rings is 1. The van der Waals surface area contributed by atoms with E-state index in [2.05, 4.69) is 13.0 Å². The van der Waals surface area contributed by atoms with E-state index in [0.717, 1.165) is 41.4 Å². The number of methoxy groups -OCH3 is 1. The van der Waals surface area contributed by atoms with Gasteiger partial charge in [0.05, 0.1) is 6.61 Å². The fourth-order valence-electron chi connectivity index (χ4n) is 1.79. The summed E-state index contributed by atoms with van der Waals surface area (Å²) in [5.41, 5.74) is 4.10. The monoisotopic (exact) mass is 206 g/mol. The number of ether oxygens (including phenoxy) is 1. The second-order valence-corrected chi connectivity index (χ2v) is 3.73. The van der Waals surface area contributed by atoms with Gasteiger partial charge in [0.25, 0.3) is 0 Å². The van der Waals surface area contributed by atoms with Crippen LogP contribution in [0.3, 0.4) is 0 Å². The predicted octanol–water partition coefficient (Wildman–Crippen LogP) is 2.91. The van der Waals surface area contributed by atoms with Gasteiger partial charge in [-0.3, -0.25) is 4.79 Å². The first kappa shape index (κ1) is 11.9. The van der Waals surface area contributed by atoms with Crippen LogP contribution < -0.4 is 0 Å². The standard InChI is InChI=1S/C13H18O2/c1-4-5-11-7-6-10(2)13(9-15-3)12(11)8-14/h6-8H,4-5,9H2,1-3H3. The molecule has 1 aromatic rings. The van der Waals surface area contributed by atoms with Crippen molar-refractivity contribution in [2.45, 2.75) is 33.3 Å². The molecule has 0 amide bonds. The molecule has 1 rings (SSSR count). The molecular weight excluding hydrogens is 188 g/mol. The van der Waals surface area contributed by atoms with Crippen LogP contribution in [0.4, 0.5) is 0 Å². The van der Waals surface area contributed by atoms with Crippen LogP contribution in [0.1, 0.15) is 40.4 Å². The first-order valence-corrected chi connectivity index (χ1v) is 5.30. The zero-order valence-corrected chi connectivity index (χ0v) is 9.67. The molecule has 82 valence electrons. The molecule has 0 aromatic heterocycles. The summed E-state index contributed by atoms with van der Waals surface area (Å²) in [6.45, 7) is 4.64. The van der Waals surface area contributed by atoms with E-state index in [1.54, 1.807) is 7.11 Å². The average molecular weight is 206 g/mol. The molecule has 0 aliphatic heterocycles. The van der Waals surface area contributed by atoms with Crippen LogP contribution in [-0.2, 0) is 17.8 Å². The minimum atomic E-state index is 0.511. The molecule has 0 radical (unpaired) electrons. The summed E-state index contributed by atoms with van der Waals surface area (Å²) in [6, 6.07) is 4.11. The normalized spacial score (nSPS) is 10.3. The zero-order chi connectivity index (χ0) is 11.3. The van der Waals surface area contributed by atoms with Gasteiger partial charge in [-0.1, -0.05) is 25.5 Å². The highest BCUT2D eigenvalue weighted by Gasteiger charge is 2.09. The van der Waals surface area contributed by atoms with Gasteiger partial charge in [0.15, 0.2) is 6.29 Å². The van der Waals surface area contributed by atoms with Crippen LogP contribution in [0, 0.1) is 6.92 Å². The molecule has 0 bridgehead atoms. The van der Waals surface area contributed by atoms with Gasteiger partial charge in [-0.25, -0.2) is 0 Å². The van der Waals surface area contributed by atoms with Crippen molar-refractivity contribution in [3.63, 3.8) is 0 Å². The van der Waals surface area contributed by atoms with Gasteiger partial charge in [-0.15, -0.1) is 0 Å². The quantitative estimate of drug-likeness (QED) is 0.692. The van der Waals surface area contributed by atoms with Crippen LogP contribution >= 0.6 is 0 Å². The Hall–Kier alpha value is -1.15. The first-order chi connectivity index (χ1) is 7.24. The Labute approximate surface area is 91.3 Å². The number of hydrogen-bond donors (Lipinski definition) is 0. The molecule has 0 heterocycles. The Bertz CT molecular complexity index is 343. The topological polar surface area (TPSA) is 26.3 Å². The van der Waals surface area contributed by atoms with Crippen LogP contribution in [0.25, 0.3) is 0 Å². The van der Waals surface area contributed by atoms with Crippen molar-refractivity contribution < 1.29 is 9.53 Å². The number of aldehydes is 1. The third-order valence-electron chi connectivity index (χ3n) is 2.61. The fourth-order valence-corrected chi connectivity index (χ4v) is 1.79. The molecule has 0 atom stereocenters. The van der Waals surface area contributed by atoms with E-state index in [0.29, 0.717) is 6.61 Å². The summed E-state index contributed by atoms with van der Waals surface area (Å²) in [7, 11) is 1.65. The number of aryl methyl sites for hydroxylation is 2. The van der Waals surface area contributed by atoms with E-state index >= 15 is 0 Å². The number of hydrogen-bond acceptors (Lipinski definition) is 2. The summed E-state index contributed by atoms with van der Waals surface area (Å²) < 4.78 is 5.13. The summed E-state index contributed by atoms with van der Waals surface area (Å²) in [6.07, 6.45) is 2.95. The summed E-state index contributed by atoms with van der Waals surface area (Å²) in [5.74, 6) is 0. The van der Waals surface area contributed by atoms with Crippen LogP contribution in [0.2, 0.25) is 0 Å². The van der Waals surface area contributed by atoms with E-state index < -0.39 is 0 Å². The number of carbonyl (C=O) groups is 1. The minimum Gasteiger partial charge on any atom is -0.380 e. The highest BCUT2D eigenvalue weighted by Crippen LogP contribution is 2.19. The maximum Gasteiger partial charge on any atom is 0.150 e. The molecule has 0 fully saturated rings. The second-order valence-electron chi connectivity index (χ2n) is 3.73. The molecule has 0 saturated carbocycles. The third-order valence-corrected chi connectivity index (χ3v) is 2.61. The predicted molar refractivity (Wildman–Crippen MR) is 61.3 cm³/mol. The number of carbonyl (C=O) groups excluding carboxylic acids is 1. The van der Waals surface area contributed by atoms with Gasteiger partial charge >= 0.3 is 0 Å². The molecule has 2 heteroatoms. The number of rotatable bonds is 5. The van der Waals surface area contributed by atoms with Crippen molar-refractivity contribution in [1.82, 2.24) is 0 Å². The zero-order valence-electron chi connectivity index (χ0n) is 9.67. The molecular formula is C13H18O2. The Morgan fingerprint density at radius 2 is 2.13 bits per heavy atom. The fraction of sp³-hybridized carbons (Fsp3) is 0.462. The minimum absolute atomic E-state index is 0.511. The molecule has 0 aliphatic carbocycles.